The Labute approximate surface area is 195 Å². The summed E-state index contributed by atoms with van der Waals surface area (Å²) in [5, 5.41) is 4.75. The predicted octanol–water partition coefficient (Wildman–Crippen LogP) is 4.78. The number of urea groups is 1. The van der Waals surface area contributed by atoms with E-state index in [0.29, 0.717) is 28.6 Å². The molecule has 0 saturated carbocycles. The Kier molecular flexibility index (Phi) is 6.08. The first-order chi connectivity index (χ1) is 15.6. The molecule has 3 aromatic rings. The monoisotopic (exact) mass is 472 g/mol. The SMILES string of the molecule is NC(=O)N1[C@@H]2CC[C@H]1C[C@@H](NCCOc1ccc(Oc3nc4c(Cl)cccc4s3)cc1)C2. The van der Waals surface area contributed by atoms with Crippen LogP contribution in [0.5, 0.6) is 16.7 Å². The molecule has 9 heteroatoms. The average molecular weight is 473 g/mol. The molecule has 0 unspecified atom stereocenters. The van der Waals surface area contributed by atoms with Gasteiger partial charge in [0.15, 0.2) is 0 Å². The molecule has 32 heavy (non-hydrogen) atoms. The average Bonchev–Trinajstić information content (AvgIpc) is 3.31. The second-order valence-electron chi connectivity index (χ2n) is 8.24. The number of nitrogens with one attached hydrogen (secondary N) is 1. The van der Waals surface area contributed by atoms with Crippen LogP contribution < -0.4 is 20.5 Å². The molecule has 0 radical (unpaired) electrons. The highest BCUT2D eigenvalue weighted by atomic mass is 35.5. The number of nitrogens with two attached hydrogens (primary N) is 1. The smallest absolute Gasteiger partial charge is 0.315 e. The summed E-state index contributed by atoms with van der Waals surface area (Å²) in [5.41, 5.74) is 6.29. The molecule has 2 amide bonds. The standard InChI is InChI=1S/C23H25ClN4O3S/c24-19-2-1-3-20-21(19)27-23(32-20)31-18-8-6-17(7-9-18)30-11-10-26-14-12-15-4-5-16(13-14)28(15)22(25)29/h1-3,6-9,14-16,26H,4-5,10-13H2,(H2,25,29)/t14-,15+,16-. The summed E-state index contributed by atoms with van der Waals surface area (Å²) in [7, 11) is 0. The molecule has 3 heterocycles. The fraction of sp³-hybridized carbons (Fsp3) is 0.391. The van der Waals surface area contributed by atoms with E-state index in [4.69, 9.17) is 26.8 Å². The van der Waals surface area contributed by atoms with Gasteiger partial charge in [0.05, 0.1) is 9.72 Å². The van der Waals surface area contributed by atoms with Crippen LogP contribution >= 0.6 is 22.9 Å². The van der Waals surface area contributed by atoms with E-state index in [1.54, 1.807) is 0 Å². The molecule has 2 saturated heterocycles. The minimum atomic E-state index is -0.279. The van der Waals surface area contributed by atoms with Crippen LogP contribution in [0.15, 0.2) is 42.5 Å². The van der Waals surface area contributed by atoms with Crippen molar-refractivity contribution in [3.05, 3.63) is 47.5 Å². The number of aromatic nitrogens is 1. The zero-order valence-electron chi connectivity index (χ0n) is 17.5. The van der Waals surface area contributed by atoms with Crippen molar-refractivity contribution >= 4 is 39.2 Å². The number of fused-ring (bicyclic) bond motifs is 3. The van der Waals surface area contributed by atoms with Gasteiger partial charge in [0, 0.05) is 24.7 Å². The lowest BCUT2D eigenvalue weighted by atomic mass is 9.98. The van der Waals surface area contributed by atoms with Crippen molar-refractivity contribution in [1.82, 2.24) is 15.2 Å². The summed E-state index contributed by atoms with van der Waals surface area (Å²) in [5.74, 6) is 1.48. The van der Waals surface area contributed by atoms with Gasteiger partial charge in [-0.05, 0) is 62.1 Å². The minimum absolute atomic E-state index is 0.279. The number of piperidine rings is 1. The van der Waals surface area contributed by atoms with Crippen molar-refractivity contribution in [2.75, 3.05) is 13.2 Å². The van der Waals surface area contributed by atoms with Gasteiger partial charge < -0.3 is 25.4 Å². The van der Waals surface area contributed by atoms with E-state index >= 15 is 0 Å². The summed E-state index contributed by atoms with van der Waals surface area (Å²) in [4.78, 5) is 17.9. The molecule has 3 atom stereocenters. The number of carbonyl (C=O) groups is 1. The predicted molar refractivity (Wildman–Crippen MR) is 126 cm³/mol. The number of hydrogen-bond donors (Lipinski definition) is 2. The third-order valence-corrected chi connectivity index (χ3v) is 7.37. The van der Waals surface area contributed by atoms with Crippen LogP contribution in [0.4, 0.5) is 4.79 Å². The highest BCUT2D eigenvalue weighted by molar-refractivity contribution is 7.20. The van der Waals surface area contributed by atoms with Gasteiger partial charge in [0.1, 0.15) is 23.6 Å². The summed E-state index contributed by atoms with van der Waals surface area (Å²) < 4.78 is 12.7. The van der Waals surface area contributed by atoms with Crippen molar-refractivity contribution in [1.29, 1.82) is 0 Å². The van der Waals surface area contributed by atoms with Crippen molar-refractivity contribution in [3.8, 4) is 16.7 Å². The van der Waals surface area contributed by atoms with Crippen molar-refractivity contribution < 1.29 is 14.3 Å². The number of rotatable bonds is 7. The van der Waals surface area contributed by atoms with E-state index in [1.807, 2.05) is 47.4 Å². The van der Waals surface area contributed by atoms with Crippen LogP contribution in [0.25, 0.3) is 10.2 Å². The lowest BCUT2D eigenvalue weighted by Gasteiger charge is -2.38. The quantitative estimate of drug-likeness (QED) is 0.483. The van der Waals surface area contributed by atoms with E-state index in [1.165, 1.54) is 11.3 Å². The van der Waals surface area contributed by atoms with Crippen LogP contribution in [-0.4, -0.2) is 47.2 Å². The number of ether oxygens (including phenoxy) is 2. The number of nitrogens with zero attached hydrogens (tertiary/aromatic N) is 2. The van der Waals surface area contributed by atoms with E-state index in [9.17, 15) is 4.79 Å². The van der Waals surface area contributed by atoms with E-state index < -0.39 is 0 Å². The van der Waals surface area contributed by atoms with Gasteiger partial charge in [-0.3, -0.25) is 0 Å². The third-order valence-electron chi connectivity index (χ3n) is 6.17. The van der Waals surface area contributed by atoms with Crippen LogP contribution in [0.2, 0.25) is 5.02 Å². The Bertz CT molecular complexity index is 1090. The molecule has 2 aliphatic heterocycles. The maximum atomic E-state index is 11.6. The first-order valence-corrected chi connectivity index (χ1v) is 12.0. The topological polar surface area (TPSA) is 89.7 Å². The van der Waals surface area contributed by atoms with Gasteiger partial charge in [-0.25, -0.2) is 9.78 Å². The first-order valence-electron chi connectivity index (χ1n) is 10.8. The Balaban J connectivity index is 1.08. The summed E-state index contributed by atoms with van der Waals surface area (Å²) in [6.45, 7) is 1.33. The number of benzene rings is 2. The maximum Gasteiger partial charge on any atom is 0.315 e. The normalized spacial score (nSPS) is 22.3. The van der Waals surface area contributed by atoms with Gasteiger partial charge in [0.2, 0.25) is 0 Å². The third kappa shape index (κ3) is 4.48. The molecule has 3 N–H and O–H groups in total. The van der Waals surface area contributed by atoms with E-state index in [2.05, 4.69) is 10.3 Å². The number of para-hydroxylation sites is 1. The number of amides is 2. The molecular weight excluding hydrogens is 448 g/mol. The molecule has 168 valence electrons. The summed E-state index contributed by atoms with van der Waals surface area (Å²) in [6, 6.07) is 13.9. The largest absolute Gasteiger partial charge is 0.492 e. The van der Waals surface area contributed by atoms with E-state index in [-0.39, 0.29) is 18.1 Å². The Morgan fingerprint density at radius 3 is 2.56 bits per heavy atom. The maximum absolute atomic E-state index is 11.6. The fourth-order valence-electron chi connectivity index (χ4n) is 4.78. The zero-order valence-corrected chi connectivity index (χ0v) is 19.1. The Morgan fingerprint density at radius 2 is 1.88 bits per heavy atom. The number of primary amides is 1. The molecule has 5 rings (SSSR count). The molecule has 7 nitrogen and oxygen atoms in total. The molecule has 2 fully saturated rings. The summed E-state index contributed by atoms with van der Waals surface area (Å²) >= 11 is 7.65. The summed E-state index contributed by atoms with van der Waals surface area (Å²) in [6.07, 6.45) is 4.03. The second-order valence-corrected chi connectivity index (χ2v) is 9.64. The molecular formula is C23H25ClN4O3S. The minimum Gasteiger partial charge on any atom is -0.492 e. The molecule has 0 spiro atoms. The van der Waals surface area contributed by atoms with Gasteiger partial charge in [-0.2, -0.15) is 0 Å². The zero-order chi connectivity index (χ0) is 22.1. The highest BCUT2D eigenvalue weighted by Crippen LogP contribution is 2.36. The van der Waals surface area contributed by atoms with Gasteiger partial charge in [0.25, 0.3) is 5.19 Å². The molecule has 2 bridgehead atoms. The van der Waals surface area contributed by atoms with Crippen LogP contribution in [0, 0.1) is 0 Å². The van der Waals surface area contributed by atoms with Gasteiger partial charge in [-0.1, -0.05) is 29.0 Å². The second kappa shape index (κ2) is 9.13. The molecule has 2 aromatic carbocycles. The highest BCUT2D eigenvalue weighted by Gasteiger charge is 2.42. The Hall–Kier alpha value is -2.55. The Morgan fingerprint density at radius 1 is 1.16 bits per heavy atom. The van der Waals surface area contributed by atoms with Crippen molar-refractivity contribution in [3.63, 3.8) is 0 Å². The van der Waals surface area contributed by atoms with Crippen LogP contribution in [-0.2, 0) is 0 Å². The van der Waals surface area contributed by atoms with Crippen molar-refractivity contribution in [2.45, 2.75) is 43.8 Å². The molecule has 2 aliphatic rings. The fourth-order valence-corrected chi connectivity index (χ4v) is 5.91. The lowest BCUT2D eigenvalue weighted by molar-refractivity contribution is 0.136. The number of thiazole rings is 1. The van der Waals surface area contributed by atoms with E-state index in [0.717, 1.165) is 48.2 Å². The van der Waals surface area contributed by atoms with Gasteiger partial charge in [-0.15, -0.1) is 0 Å². The van der Waals surface area contributed by atoms with Crippen molar-refractivity contribution in [2.24, 2.45) is 5.73 Å². The van der Waals surface area contributed by atoms with Crippen LogP contribution in [0.3, 0.4) is 0 Å². The van der Waals surface area contributed by atoms with Gasteiger partial charge >= 0.3 is 6.03 Å². The lowest BCUT2D eigenvalue weighted by Crippen LogP contribution is -2.53. The number of halogens is 1. The number of hydrogen-bond acceptors (Lipinski definition) is 6. The molecule has 0 aliphatic carbocycles. The number of carbonyl (C=O) groups excluding carboxylic acids is 1. The van der Waals surface area contributed by atoms with Crippen LogP contribution in [0.1, 0.15) is 25.7 Å². The molecule has 1 aromatic heterocycles. The first kappa shape index (κ1) is 21.3.